The van der Waals surface area contributed by atoms with Crippen molar-refractivity contribution in [1.29, 1.82) is 0 Å². The SMILES string of the molecule is CCCCc1ccc(-n2nnnc2SCc2c(C)noc2C)cc1. The first-order valence-electron chi connectivity index (χ1n) is 8.11. The van der Waals surface area contributed by atoms with E-state index in [2.05, 4.69) is 51.9 Å². The molecule has 24 heavy (non-hydrogen) atoms. The van der Waals surface area contributed by atoms with Crippen molar-refractivity contribution < 1.29 is 4.52 Å². The van der Waals surface area contributed by atoms with Gasteiger partial charge in [0.1, 0.15) is 5.76 Å². The van der Waals surface area contributed by atoms with Crippen molar-refractivity contribution in [1.82, 2.24) is 25.4 Å². The number of unbranched alkanes of at least 4 members (excludes halogenated alkanes) is 1. The van der Waals surface area contributed by atoms with Gasteiger partial charge in [-0.25, -0.2) is 0 Å². The molecule has 0 aliphatic carbocycles. The monoisotopic (exact) mass is 343 g/mol. The molecular weight excluding hydrogens is 322 g/mol. The van der Waals surface area contributed by atoms with Crippen molar-refractivity contribution >= 4 is 11.8 Å². The molecule has 0 amide bonds. The molecule has 3 rings (SSSR count). The Balaban J connectivity index is 1.73. The molecule has 0 spiro atoms. The highest BCUT2D eigenvalue weighted by Gasteiger charge is 2.13. The number of nitrogens with zero attached hydrogens (tertiary/aromatic N) is 5. The smallest absolute Gasteiger partial charge is 0.214 e. The molecule has 0 atom stereocenters. The molecular formula is C17H21N5OS. The second-order valence-corrected chi connectivity index (χ2v) is 6.68. The molecule has 7 heteroatoms. The summed E-state index contributed by atoms with van der Waals surface area (Å²) >= 11 is 1.58. The summed E-state index contributed by atoms with van der Waals surface area (Å²) in [5.74, 6) is 1.58. The zero-order valence-electron chi connectivity index (χ0n) is 14.2. The molecule has 2 aromatic heterocycles. The fourth-order valence-corrected chi connectivity index (χ4v) is 3.50. The van der Waals surface area contributed by atoms with E-state index in [-0.39, 0.29) is 0 Å². The van der Waals surface area contributed by atoms with Gasteiger partial charge in [0.25, 0.3) is 0 Å². The third-order valence-electron chi connectivity index (χ3n) is 3.97. The van der Waals surface area contributed by atoms with Crippen molar-refractivity contribution in [3.05, 3.63) is 46.8 Å². The third-order valence-corrected chi connectivity index (χ3v) is 4.91. The van der Waals surface area contributed by atoms with Gasteiger partial charge in [-0.1, -0.05) is 42.4 Å². The first kappa shape index (κ1) is 16.7. The molecule has 0 fully saturated rings. The molecule has 0 unspecified atom stereocenters. The minimum Gasteiger partial charge on any atom is -0.361 e. The number of tetrazole rings is 1. The van der Waals surface area contributed by atoms with Crippen LogP contribution in [0, 0.1) is 13.8 Å². The number of aromatic nitrogens is 5. The first-order valence-corrected chi connectivity index (χ1v) is 9.10. The van der Waals surface area contributed by atoms with Crippen molar-refractivity contribution in [2.45, 2.75) is 50.9 Å². The average molecular weight is 343 g/mol. The Bertz CT molecular complexity index is 774. The van der Waals surface area contributed by atoms with E-state index in [1.807, 2.05) is 13.8 Å². The van der Waals surface area contributed by atoms with E-state index in [0.29, 0.717) is 0 Å². The summed E-state index contributed by atoms with van der Waals surface area (Å²) < 4.78 is 6.97. The molecule has 126 valence electrons. The van der Waals surface area contributed by atoms with Crippen LogP contribution in [0.1, 0.15) is 42.3 Å². The standard InChI is InChI=1S/C17H21N5OS/c1-4-5-6-14-7-9-15(10-8-14)22-17(18-20-21-22)24-11-16-12(2)19-23-13(16)3/h7-10H,4-6,11H2,1-3H3. The Labute approximate surface area is 145 Å². The zero-order chi connectivity index (χ0) is 16.9. The lowest BCUT2D eigenvalue weighted by atomic mass is 10.1. The number of hydrogen-bond acceptors (Lipinski definition) is 6. The van der Waals surface area contributed by atoms with Crippen LogP contribution in [0.3, 0.4) is 0 Å². The Morgan fingerprint density at radius 1 is 1.17 bits per heavy atom. The number of aryl methyl sites for hydroxylation is 3. The van der Waals surface area contributed by atoms with Gasteiger partial charge in [-0.3, -0.25) is 0 Å². The summed E-state index contributed by atoms with van der Waals surface area (Å²) in [6.45, 7) is 6.08. The second-order valence-electron chi connectivity index (χ2n) is 5.73. The Morgan fingerprint density at radius 2 is 1.96 bits per heavy atom. The van der Waals surface area contributed by atoms with Gasteiger partial charge in [0.2, 0.25) is 5.16 Å². The molecule has 0 radical (unpaired) electrons. The van der Waals surface area contributed by atoms with E-state index < -0.39 is 0 Å². The van der Waals surface area contributed by atoms with Crippen LogP contribution >= 0.6 is 11.8 Å². The van der Waals surface area contributed by atoms with Crippen LogP contribution < -0.4 is 0 Å². The zero-order valence-corrected chi connectivity index (χ0v) is 15.0. The molecule has 0 saturated heterocycles. The molecule has 0 aliphatic heterocycles. The van der Waals surface area contributed by atoms with Gasteiger partial charge in [0.15, 0.2) is 0 Å². The van der Waals surface area contributed by atoms with E-state index in [0.717, 1.165) is 40.0 Å². The lowest BCUT2D eigenvalue weighted by Gasteiger charge is -2.06. The van der Waals surface area contributed by atoms with E-state index in [1.54, 1.807) is 16.4 Å². The lowest BCUT2D eigenvalue weighted by molar-refractivity contribution is 0.392. The number of hydrogen-bond donors (Lipinski definition) is 0. The fraction of sp³-hybridized carbons (Fsp3) is 0.412. The van der Waals surface area contributed by atoms with Crippen molar-refractivity contribution in [3.63, 3.8) is 0 Å². The second kappa shape index (κ2) is 7.61. The summed E-state index contributed by atoms with van der Waals surface area (Å²) in [6, 6.07) is 8.44. The van der Waals surface area contributed by atoms with Crippen LogP contribution in [0.4, 0.5) is 0 Å². The van der Waals surface area contributed by atoms with Gasteiger partial charge >= 0.3 is 0 Å². The number of thioether (sulfide) groups is 1. The summed E-state index contributed by atoms with van der Waals surface area (Å²) in [4.78, 5) is 0. The molecule has 3 aromatic rings. The lowest BCUT2D eigenvalue weighted by Crippen LogP contribution is -2.00. The van der Waals surface area contributed by atoms with Gasteiger partial charge < -0.3 is 4.52 Å². The maximum absolute atomic E-state index is 5.20. The van der Waals surface area contributed by atoms with Gasteiger partial charge in [-0.2, -0.15) is 4.68 Å². The van der Waals surface area contributed by atoms with E-state index in [9.17, 15) is 0 Å². The van der Waals surface area contributed by atoms with Crippen LogP contribution in [0.5, 0.6) is 0 Å². The number of benzene rings is 1. The average Bonchev–Trinajstić information content (AvgIpc) is 3.19. The predicted octanol–water partition coefficient (Wildman–Crippen LogP) is 3.90. The maximum atomic E-state index is 5.20. The van der Waals surface area contributed by atoms with E-state index in [4.69, 9.17) is 4.52 Å². The van der Waals surface area contributed by atoms with Crippen LogP contribution in [-0.2, 0) is 12.2 Å². The minimum absolute atomic E-state index is 0.732. The number of rotatable bonds is 7. The predicted molar refractivity (Wildman–Crippen MR) is 93.3 cm³/mol. The molecule has 0 bridgehead atoms. The maximum Gasteiger partial charge on any atom is 0.214 e. The highest BCUT2D eigenvalue weighted by molar-refractivity contribution is 7.98. The highest BCUT2D eigenvalue weighted by atomic mass is 32.2. The molecule has 1 aromatic carbocycles. The van der Waals surface area contributed by atoms with E-state index >= 15 is 0 Å². The summed E-state index contributed by atoms with van der Waals surface area (Å²) in [7, 11) is 0. The fourth-order valence-electron chi connectivity index (χ4n) is 2.46. The van der Waals surface area contributed by atoms with Gasteiger partial charge in [0, 0.05) is 11.3 Å². The molecule has 6 nitrogen and oxygen atoms in total. The topological polar surface area (TPSA) is 69.6 Å². The van der Waals surface area contributed by atoms with Crippen molar-refractivity contribution in [3.8, 4) is 5.69 Å². The van der Waals surface area contributed by atoms with Crippen LogP contribution in [0.25, 0.3) is 5.69 Å². The largest absolute Gasteiger partial charge is 0.361 e. The molecule has 0 N–H and O–H groups in total. The van der Waals surface area contributed by atoms with Crippen molar-refractivity contribution in [2.24, 2.45) is 0 Å². The van der Waals surface area contributed by atoms with Crippen LogP contribution in [-0.4, -0.2) is 25.4 Å². The van der Waals surface area contributed by atoms with Gasteiger partial charge in [-0.15, -0.1) is 5.10 Å². The summed E-state index contributed by atoms with van der Waals surface area (Å²) in [6.07, 6.45) is 3.53. The quantitative estimate of drug-likeness (QED) is 0.606. The molecule has 0 saturated carbocycles. The highest BCUT2D eigenvalue weighted by Crippen LogP contribution is 2.25. The first-order chi connectivity index (χ1) is 11.7. The van der Waals surface area contributed by atoms with Gasteiger partial charge in [0.05, 0.1) is 11.4 Å². The molecule has 2 heterocycles. The Kier molecular flexibility index (Phi) is 5.30. The van der Waals surface area contributed by atoms with Gasteiger partial charge in [-0.05, 0) is 54.8 Å². The summed E-state index contributed by atoms with van der Waals surface area (Å²) in [5, 5.41) is 16.8. The minimum atomic E-state index is 0.732. The van der Waals surface area contributed by atoms with Crippen LogP contribution in [0.15, 0.2) is 33.9 Å². The third kappa shape index (κ3) is 3.67. The normalized spacial score (nSPS) is 11.1. The van der Waals surface area contributed by atoms with Crippen LogP contribution in [0.2, 0.25) is 0 Å². The van der Waals surface area contributed by atoms with Crippen molar-refractivity contribution in [2.75, 3.05) is 0 Å². The summed E-state index contributed by atoms with van der Waals surface area (Å²) in [5.41, 5.74) is 4.34. The Morgan fingerprint density at radius 3 is 2.62 bits per heavy atom. The molecule has 0 aliphatic rings. The van der Waals surface area contributed by atoms with E-state index in [1.165, 1.54) is 18.4 Å². The Hall–Kier alpha value is -2.15.